The minimum atomic E-state index is 0.715. The molecule has 2 unspecified atom stereocenters. The van der Waals surface area contributed by atoms with Gasteiger partial charge in [-0.15, -0.1) is 0 Å². The molecule has 2 atom stereocenters. The normalized spacial score (nSPS) is 38.1. The molecule has 1 saturated heterocycles. The molecular formula is C14H28N2. The van der Waals surface area contributed by atoms with Gasteiger partial charge in [-0.1, -0.05) is 13.8 Å². The molecule has 1 N–H and O–H groups in total. The van der Waals surface area contributed by atoms with E-state index in [0.29, 0.717) is 6.04 Å². The van der Waals surface area contributed by atoms with E-state index in [9.17, 15) is 0 Å². The maximum Gasteiger partial charge on any atom is 0.00818 e. The minimum absolute atomic E-state index is 0.715. The van der Waals surface area contributed by atoms with Gasteiger partial charge < -0.3 is 10.2 Å². The van der Waals surface area contributed by atoms with Crippen LogP contribution in [0.3, 0.4) is 0 Å². The molecule has 2 nitrogen and oxygen atoms in total. The van der Waals surface area contributed by atoms with E-state index in [-0.39, 0.29) is 0 Å². The number of nitrogens with one attached hydrogen (secondary N) is 1. The molecule has 0 amide bonds. The van der Waals surface area contributed by atoms with Gasteiger partial charge in [-0.05, 0) is 57.5 Å². The summed E-state index contributed by atoms with van der Waals surface area (Å²) < 4.78 is 0. The number of rotatable bonds is 4. The van der Waals surface area contributed by atoms with Crippen molar-refractivity contribution in [3.63, 3.8) is 0 Å². The topological polar surface area (TPSA) is 15.3 Å². The van der Waals surface area contributed by atoms with E-state index in [4.69, 9.17) is 0 Å². The van der Waals surface area contributed by atoms with Gasteiger partial charge in [0.2, 0.25) is 0 Å². The highest BCUT2D eigenvalue weighted by Gasteiger charge is 2.30. The largest absolute Gasteiger partial charge is 0.311 e. The van der Waals surface area contributed by atoms with Gasteiger partial charge in [-0.3, -0.25) is 0 Å². The van der Waals surface area contributed by atoms with Gasteiger partial charge in [0.25, 0.3) is 0 Å². The Morgan fingerprint density at radius 3 is 2.75 bits per heavy atom. The molecule has 1 aliphatic heterocycles. The van der Waals surface area contributed by atoms with Crippen molar-refractivity contribution in [2.75, 3.05) is 19.6 Å². The zero-order chi connectivity index (χ0) is 11.5. The molecule has 2 fully saturated rings. The molecule has 94 valence electrons. The zero-order valence-electron chi connectivity index (χ0n) is 11.2. The third kappa shape index (κ3) is 2.98. The first-order valence-electron chi connectivity index (χ1n) is 7.17. The Morgan fingerprint density at radius 1 is 1.38 bits per heavy atom. The number of nitrogens with zero attached hydrogens (tertiary/aromatic N) is 1. The molecule has 0 aromatic carbocycles. The Morgan fingerprint density at radius 2 is 2.12 bits per heavy atom. The van der Waals surface area contributed by atoms with Crippen LogP contribution >= 0.6 is 0 Å². The van der Waals surface area contributed by atoms with Crippen LogP contribution < -0.4 is 5.32 Å². The van der Waals surface area contributed by atoms with Crippen LogP contribution in [0.25, 0.3) is 0 Å². The standard InChI is InChI=1S/C14H28N2/c1-4-16-7-5-6-13(10-16)12(3)15-14-8-11(2)9-14/h11-15H,4-10H2,1-3H3. The molecule has 0 radical (unpaired) electrons. The SMILES string of the molecule is CCN1CCCC(C(C)NC2CC(C)C2)C1. The summed E-state index contributed by atoms with van der Waals surface area (Å²) in [6.07, 6.45) is 5.61. The smallest absolute Gasteiger partial charge is 0.00818 e. The van der Waals surface area contributed by atoms with Crippen molar-refractivity contribution in [1.29, 1.82) is 0 Å². The summed E-state index contributed by atoms with van der Waals surface area (Å²) >= 11 is 0. The van der Waals surface area contributed by atoms with E-state index in [1.165, 1.54) is 45.3 Å². The lowest BCUT2D eigenvalue weighted by molar-refractivity contribution is 0.134. The Hall–Kier alpha value is -0.0800. The van der Waals surface area contributed by atoms with E-state index < -0.39 is 0 Å². The highest BCUT2D eigenvalue weighted by Crippen LogP contribution is 2.28. The van der Waals surface area contributed by atoms with Crippen molar-refractivity contribution < 1.29 is 0 Å². The van der Waals surface area contributed by atoms with Crippen molar-refractivity contribution in [2.24, 2.45) is 11.8 Å². The maximum atomic E-state index is 3.83. The highest BCUT2D eigenvalue weighted by atomic mass is 15.1. The van der Waals surface area contributed by atoms with Crippen LogP contribution in [-0.2, 0) is 0 Å². The van der Waals surface area contributed by atoms with Crippen molar-refractivity contribution >= 4 is 0 Å². The third-order valence-electron chi connectivity index (χ3n) is 4.57. The van der Waals surface area contributed by atoms with Crippen LogP contribution in [0.4, 0.5) is 0 Å². The Bertz CT molecular complexity index is 211. The average molecular weight is 224 g/mol. The van der Waals surface area contributed by atoms with Crippen LogP contribution in [0.1, 0.15) is 46.5 Å². The van der Waals surface area contributed by atoms with Crippen LogP contribution in [0.5, 0.6) is 0 Å². The molecule has 2 rings (SSSR count). The van der Waals surface area contributed by atoms with Gasteiger partial charge in [-0.2, -0.15) is 0 Å². The van der Waals surface area contributed by atoms with Crippen LogP contribution in [0, 0.1) is 11.8 Å². The lowest BCUT2D eigenvalue weighted by atomic mass is 9.80. The second-order valence-corrected chi connectivity index (χ2v) is 6.02. The Balaban J connectivity index is 1.73. The summed E-state index contributed by atoms with van der Waals surface area (Å²) in [6, 6.07) is 1.54. The van der Waals surface area contributed by atoms with E-state index in [2.05, 4.69) is 31.0 Å². The van der Waals surface area contributed by atoms with Gasteiger partial charge in [-0.25, -0.2) is 0 Å². The fraction of sp³-hybridized carbons (Fsp3) is 1.00. The Kier molecular flexibility index (Phi) is 4.26. The average Bonchev–Trinajstić information content (AvgIpc) is 2.27. The number of hydrogen-bond donors (Lipinski definition) is 1. The van der Waals surface area contributed by atoms with Crippen molar-refractivity contribution in [3.8, 4) is 0 Å². The van der Waals surface area contributed by atoms with E-state index in [0.717, 1.165) is 17.9 Å². The highest BCUT2D eigenvalue weighted by molar-refractivity contribution is 4.88. The summed E-state index contributed by atoms with van der Waals surface area (Å²) in [5.41, 5.74) is 0. The summed E-state index contributed by atoms with van der Waals surface area (Å²) in [5.74, 6) is 1.84. The molecule has 16 heavy (non-hydrogen) atoms. The molecule has 0 aromatic rings. The van der Waals surface area contributed by atoms with E-state index >= 15 is 0 Å². The fourth-order valence-electron chi connectivity index (χ4n) is 3.33. The zero-order valence-corrected chi connectivity index (χ0v) is 11.2. The summed E-state index contributed by atoms with van der Waals surface area (Å²) in [6.45, 7) is 10.9. The molecule has 1 saturated carbocycles. The van der Waals surface area contributed by atoms with Gasteiger partial charge >= 0.3 is 0 Å². The van der Waals surface area contributed by atoms with Gasteiger partial charge in [0, 0.05) is 18.6 Å². The lowest BCUT2D eigenvalue weighted by Gasteiger charge is -2.40. The van der Waals surface area contributed by atoms with Crippen LogP contribution in [0.2, 0.25) is 0 Å². The van der Waals surface area contributed by atoms with Gasteiger partial charge in [0.1, 0.15) is 0 Å². The van der Waals surface area contributed by atoms with Crippen LogP contribution in [0.15, 0.2) is 0 Å². The molecule has 2 aliphatic rings. The van der Waals surface area contributed by atoms with Crippen molar-refractivity contribution in [3.05, 3.63) is 0 Å². The predicted octanol–water partition coefficient (Wildman–Crippen LogP) is 2.49. The summed E-state index contributed by atoms with van der Waals surface area (Å²) in [5, 5.41) is 3.83. The minimum Gasteiger partial charge on any atom is -0.311 e. The second-order valence-electron chi connectivity index (χ2n) is 6.02. The first-order chi connectivity index (χ1) is 7.69. The number of hydrogen-bond acceptors (Lipinski definition) is 2. The second kappa shape index (κ2) is 5.50. The number of likely N-dealkylation sites (tertiary alicyclic amines) is 1. The number of piperidine rings is 1. The van der Waals surface area contributed by atoms with Gasteiger partial charge in [0.15, 0.2) is 0 Å². The van der Waals surface area contributed by atoms with Crippen LogP contribution in [-0.4, -0.2) is 36.6 Å². The quantitative estimate of drug-likeness (QED) is 0.789. The Labute approximate surface area is 101 Å². The summed E-state index contributed by atoms with van der Waals surface area (Å²) in [4.78, 5) is 2.61. The predicted molar refractivity (Wildman–Crippen MR) is 69.6 cm³/mol. The molecular weight excluding hydrogens is 196 g/mol. The monoisotopic (exact) mass is 224 g/mol. The molecule has 2 heteroatoms. The molecule has 1 aliphatic carbocycles. The van der Waals surface area contributed by atoms with E-state index in [1.54, 1.807) is 0 Å². The molecule has 1 heterocycles. The molecule has 0 aromatic heterocycles. The fourth-order valence-corrected chi connectivity index (χ4v) is 3.33. The summed E-state index contributed by atoms with van der Waals surface area (Å²) in [7, 11) is 0. The van der Waals surface area contributed by atoms with Gasteiger partial charge in [0.05, 0.1) is 0 Å². The maximum absolute atomic E-state index is 3.83. The van der Waals surface area contributed by atoms with Crippen molar-refractivity contribution in [1.82, 2.24) is 10.2 Å². The molecule has 0 spiro atoms. The first-order valence-corrected chi connectivity index (χ1v) is 7.17. The first kappa shape index (κ1) is 12.4. The molecule has 0 bridgehead atoms. The van der Waals surface area contributed by atoms with E-state index in [1.807, 2.05) is 0 Å². The third-order valence-corrected chi connectivity index (χ3v) is 4.57. The van der Waals surface area contributed by atoms with Crippen molar-refractivity contribution in [2.45, 2.75) is 58.5 Å². The lowest BCUT2D eigenvalue weighted by Crippen LogP contribution is -2.50.